The van der Waals surface area contributed by atoms with Gasteiger partial charge >= 0.3 is 0 Å². The van der Waals surface area contributed by atoms with Crippen molar-refractivity contribution in [1.29, 1.82) is 0 Å². The standard InChI is InChI=1S/C15H20N2O/c1-10(2)14-17-12-8-11(4-5-13(12)18-14)15(9-16)6-3-7-15/h4-5,8,10H,3,6-7,9,16H2,1-2H3. The molecule has 0 atom stereocenters. The van der Waals surface area contributed by atoms with Crippen LogP contribution in [0.1, 0.15) is 50.5 Å². The molecule has 0 saturated heterocycles. The average Bonchev–Trinajstić information content (AvgIpc) is 2.71. The van der Waals surface area contributed by atoms with E-state index in [1.54, 1.807) is 0 Å². The topological polar surface area (TPSA) is 52.0 Å². The Bertz CT molecular complexity index is 561. The van der Waals surface area contributed by atoms with Crippen molar-refractivity contribution in [1.82, 2.24) is 4.98 Å². The molecule has 3 nitrogen and oxygen atoms in total. The highest BCUT2D eigenvalue weighted by Gasteiger charge is 2.37. The molecule has 1 aliphatic carbocycles. The first-order chi connectivity index (χ1) is 8.64. The second-order valence-corrected chi connectivity index (χ2v) is 5.73. The molecule has 0 spiro atoms. The van der Waals surface area contributed by atoms with Gasteiger partial charge in [0.25, 0.3) is 0 Å². The van der Waals surface area contributed by atoms with Crippen molar-refractivity contribution in [2.24, 2.45) is 5.73 Å². The van der Waals surface area contributed by atoms with Gasteiger partial charge in [0.05, 0.1) is 0 Å². The molecule has 1 heterocycles. The number of oxazole rings is 1. The van der Waals surface area contributed by atoms with Crippen LogP contribution in [0.15, 0.2) is 22.6 Å². The van der Waals surface area contributed by atoms with E-state index in [4.69, 9.17) is 10.2 Å². The van der Waals surface area contributed by atoms with E-state index >= 15 is 0 Å². The Labute approximate surface area is 107 Å². The average molecular weight is 244 g/mol. The Hall–Kier alpha value is -1.35. The minimum absolute atomic E-state index is 0.200. The maximum atomic E-state index is 5.95. The van der Waals surface area contributed by atoms with Gasteiger partial charge in [-0.2, -0.15) is 0 Å². The van der Waals surface area contributed by atoms with Crippen LogP contribution in [-0.2, 0) is 5.41 Å². The van der Waals surface area contributed by atoms with Gasteiger partial charge in [-0.05, 0) is 30.5 Å². The molecule has 96 valence electrons. The molecule has 0 amide bonds. The van der Waals surface area contributed by atoms with Crippen molar-refractivity contribution >= 4 is 11.1 Å². The zero-order chi connectivity index (χ0) is 12.8. The van der Waals surface area contributed by atoms with Gasteiger partial charge in [-0.1, -0.05) is 26.3 Å². The molecule has 1 fully saturated rings. The maximum absolute atomic E-state index is 5.95. The summed E-state index contributed by atoms with van der Waals surface area (Å²) in [6.45, 7) is 4.92. The molecule has 3 rings (SSSR count). The summed E-state index contributed by atoms with van der Waals surface area (Å²) in [4.78, 5) is 4.57. The summed E-state index contributed by atoms with van der Waals surface area (Å²) < 4.78 is 5.74. The number of hydrogen-bond acceptors (Lipinski definition) is 3. The number of aromatic nitrogens is 1. The number of rotatable bonds is 3. The molecule has 1 aromatic heterocycles. The summed E-state index contributed by atoms with van der Waals surface area (Å²) in [5, 5.41) is 0. The van der Waals surface area contributed by atoms with Crippen LogP contribution in [0.25, 0.3) is 11.1 Å². The van der Waals surface area contributed by atoms with E-state index in [2.05, 4.69) is 31.0 Å². The maximum Gasteiger partial charge on any atom is 0.198 e. The van der Waals surface area contributed by atoms with Crippen LogP contribution in [0.3, 0.4) is 0 Å². The molecule has 1 saturated carbocycles. The molecule has 0 bridgehead atoms. The van der Waals surface area contributed by atoms with E-state index in [1.807, 2.05) is 6.07 Å². The molecule has 1 aliphatic rings. The van der Waals surface area contributed by atoms with Crippen molar-refractivity contribution in [2.45, 2.75) is 44.4 Å². The minimum atomic E-state index is 0.200. The fourth-order valence-electron chi connectivity index (χ4n) is 2.74. The largest absolute Gasteiger partial charge is 0.440 e. The molecular formula is C15H20N2O. The number of fused-ring (bicyclic) bond motifs is 1. The van der Waals surface area contributed by atoms with Crippen LogP contribution >= 0.6 is 0 Å². The van der Waals surface area contributed by atoms with E-state index < -0.39 is 0 Å². The Balaban J connectivity index is 2.05. The molecular weight excluding hydrogens is 224 g/mol. The smallest absolute Gasteiger partial charge is 0.198 e. The Morgan fingerprint density at radius 1 is 1.39 bits per heavy atom. The van der Waals surface area contributed by atoms with E-state index in [-0.39, 0.29) is 5.41 Å². The van der Waals surface area contributed by atoms with Crippen molar-refractivity contribution in [2.75, 3.05) is 6.54 Å². The lowest BCUT2D eigenvalue weighted by Crippen LogP contribution is -2.41. The molecule has 1 aromatic carbocycles. The number of benzene rings is 1. The first-order valence-electron chi connectivity index (χ1n) is 6.76. The third-order valence-corrected chi connectivity index (χ3v) is 4.21. The fraction of sp³-hybridized carbons (Fsp3) is 0.533. The highest BCUT2D eigenvalue weighted by atomic mass is 16.3. The highest BCUT2D eigenvalue weighted by molar-refractivity contribution is 5.74. The normalized spacial score (nSPS) is 18.2. The van der Waals surface area contributed by atoms with Crippen LogP contribution < -0.4 is 5.73 Å². The zero-order valence-electron chi connectivity index (χ0n) is 11.1. The number of nitrogens with two attached hydrogens (primary N) is 1. The lowest BCUT2D eigenvalue weighted by molar-refractivity contribution is 0.253. The first kappa shape index (κ1) is 11.7. The summed E-state index contributed by atoms with van der Waals surface area (Å²) >= 11 is 0. The second-order valence-electron chi connectivity index (χ2n) is 5.73. The summed E-state index contributed by atoms with van der Waals surface area (Å²) in [5.74, 6) is 1.14. The van der Waals surface area contributed by atoms with E-state index in [0.717, 1.165) is 23.5 Å². The second kappa shape index (κ2) is 4.09. The lowest BCUT2D eigenvalue weighted by atomic mass is 9.64. The summed E-state index contributed by atoms with van der Waals surface area (Å²) in [6.07, 6.45) is 3.68. The highest BCUT2D eigenvalue weighted by Crippen LogP contribution is 2.43. The molecule has 2 N–H and O–H groups in total. The SMILES string of the molecule is CC(C)c1nc2cc(C3(CN)CCC3)ccc2o1. The monoisotopic (exact) mass is 244 g/mol. The Morgan fingerprint density at radius 3 is 2.72 bits per heavy atom. The van der Waals surface area contributed by atoms with Crippen LogP contribution in [-0.4, -0.2) is 11.5 Å². The van der Waals surface area contributed by atoms with E-state index in [1.165, 1.54) is 24.8 Å². The molecule has 0 radical (unpaired) electrons. The van der Waals surface area contributed by atoms with Crippen LogP contribution in [0, 0.1) is 0 Å². The van der Waals surface area contributed by atoms with Gasteiger partial charge in [0.15, 0.2) is 11.5 Å². The van der Waals surface area contributed by atoms with Gasteiger partial charge < -0.3 is 10.2 Å². The predicted molar refractivity (Wildman–Crippen MR) is 72.7 cm³/mol. The van der Waals surface area contributed by atoms with Crippen molar-refractivity contribution in [3.8, 4) is 0 Å². The van der Waals surface area contributed by atoms with Crippen molar-refractivity contribution < 1.29 is 4.42 Å². The summed E-state index contributed by atoms with van der Waals surface area (Å²) in [5.41, 5.74) is 9.33. The Morgan fingerprint density at radius 2 is 2.17 bits per heavy atom. The number of hydrogen-bond donors (Lipinski definition) is 1. The van der Waals surface area contributed by atoms with Crippen LogP contribution in [0.4, 0.5) is 0 Å². The van der Waals surface area contributed by atoms with Crippen LogP contribution in [0.2, 0.25) is 0 Å². The van der Waals surface area contributed by atoms with Gasteiger partial charge in [-0.3, -0.25) is 0 Å². The quantitative estimate of drug-likeness (QED) is 0.901. The van der Waals surface area contributed by atoms with Gasteiger partial charge in [0.1, 0.15) is 5.52 Å². The molecule has 18 heavy (non-hydrogen) atoms. The summed E-state index contributed by atoms with van der Waals surface area (Å²) in [6, 6.07) is 6.36. The van der Waals surface area contributed by atoms with Crippen LogP contribution in [0.5, 0.6) is 0 Å². The van der Waals surface area contributed by atoms with E-state index in [9.17, 15) is 0 Å². The third-order valence-electron chi connectivity index (χ3n) is 4.21. The molecule has 2 aromatic rings. The Kier molecular flexibility index (Phi) is 2.67. The van der Waals surface area contributed by atoms with Crippen molar-refractivity contribution in [3.63, 3.8) is 0 Å². The number of nitrogens with zero attached hydrogens (tertiary/aromatic N) is 1. The molecule has 3 heteroatoms. The predicted octanol–water partition coefficient (Wildman–Crippen LogP) is 3.33. The minimum Gasteiger partial charge on any atom is -0.440 e. The van der Waals surface area contributed by atoms with Crippen molar-refractivity contribution in [3.05, 3.63) is 29.7 Å². The van der Waals surface area contributed by atoms with E-state index in [0.29, 0.717) is 5.92 Å². The lowest BCUT2D eigenvalue weighted by Gasteiger charge is -2.41. The van der Waals surface area contributed by atoms with Gasteiger partial charge in [0.2, 0.25) is 0 Å². The van der Waals surface area contributed by atoms with Gasteiger partial charge in [-0.15, -0.1) is 0 Å². The van der Waals surface area contributed by atoms with Gasteiger partial charge in [0, 0.05) is 17.9 Å². The third kappa shape index (κ3) is 1.65. The summed E-state index contributed by atoms with van der Waals surface area (Å²) in [7, 11) is 0. The van der Waals surface area contributed by atoms with Gasteiger partial charge in [-0.25, -0.2) is 4.98 Å². The first-order valence-corrected chi connectivity index (χ1v) is 6.76. The molecule has 0 unspecified atom stereocenters. The molecule has 0 aliphatic heterocycles. The zero-order valence-corrected chi connectivity index (χ0v) is 11.1. The fourth-order valence-corrected chi connectivity index (χ4v) is 2.74.